The first kappa shape index (κ1) is 22.5. The number of nitrogens with one attached hydrogen (secondary N) is 1. The van der Waals surface area contributed by atoms with Gasteiger partial charge in [-0.15, -0.1) is 0 Å². The second kappa shape index (κ2) is 8.93. The number of rotatable bonds is 7. The molecule has 0 radical (unpaired) electrons. The summed E-state index contributed by atoms with van der Waals surface area (Å²) in [6.45, 7) is 0.133. The number of hydrogen-bond donors (Lipinski definition) is 3. The van der Waals surface area contributed by atoms with Gasteiger partial charge >= 0.3 is 6.09 Å². The predicted octanol–water partition coefficient (Wildman–Crippen LogP) is 2.81. The summed E-state index contributed by atoms with van der Waals surface area (Å²) in [7, 11) is -4.03. The number of nitrogens with zero attached hydrogens (tertiary/aromatic N) is 1. The number of benzene rings is 2. The molecule has 1 saturated heterocycles. The van der Waals surface area contributed by atoms with Crippen molar-refractivity contribution in [2.75, 3.05) is 17.8 Å². The molecule has 0 aliphatic carbocycles. The monoisotopic (exact) mass is 449 g/mol. The highest BCUT2D eigenvalue weighted by molar-refractivity contribution is 7.94. The third kappa shape index (κ3) is 4.96. The number of likely N-dealkylation sites (tertiary alicyclic amines) is 1. The molecule has 0 atom stereocenters. The molecule has 1 heterocycles. The second-order valence-electron chi connectivity index (χ2n) is 7.59. The molecule has 0 bridgehead atoms. The van der Waals surface area contributed by atoms with Gasteiger partial charge in [0.05, 0.1) is 16.0 Å². The highest BCUT2D eigenvalue weighted by Crippen LogP contribution is 2.37. The van der Waals surface area contributed by atoms with Gasteiger partial charge in [0.1, 0.15) is 5.82 Å². The molecule has 10 heteroatoms. The zero-order valence-electron chi connectivity index (χ0n) is 16.8. The second-order valence-corrected chi connectivity index (χ2v) is 9.67. The van der Waals surface area contributed by atoms with Crippen LogP contribution in [0.25, 0.3) is 0 Å². The third-order valence-electron chi connectivity index (χ3n) is 5.73. The third-order valence-corrected chi connectivity index (χ3v) is 7.98. The molecule has 0 saturated carbocycles. The summed E-state index contributed by atoms with van der Waals surface area (Å²) in [5, 5.41) is 9.25. The number of carbonyl (C=O) groups is 2. The van der Waals surface area contributed by atoms with Crippen LogP contribution in [0.2, 0.25) is 0 Å². The number of carbonyl (C=O) groups excluding carboxylic acids is 1. The summed E-state index contributed by atoms with van der Waals surface area (Å²) in [6, 6.07) is 11.9. The summed E-state index contributed by atoms with van der Waals surface area (Å²) in [4.78, 5) is 24.2. The maximum atomic E-state index is 13.5. The smallest absolute Gasteiger partial charge is 0.407 e. The van der Waals surface area contributed by atoms with Crippen LogP contribution in [0.5, 0.6) is 0 Å². The van der Waals surface area contributed by atoms with Gasteiger partial charge < -0.3 is 15.7 Å². The summed E-state index contributed by atoms with van der Waals surface area (Å²) in [5.41, 5.74) is 6.26. The van der Waals surface area contributed by atoms with Crippen LogP contribution in [0, 0.1) is 5.82 Å². The maximum Gasteiger partial charge on any atom is 0.407 e. The fourth-order valence-corrected chi connectivity index (χ4v) is 5.60. The minimum atomic E-state index is -4.03. The van der Waals surface area contributed by atoms with E-state index in [2.05, 4.69) is 4.72 Å². The van der Waals surface area contributed by atoms with Gasteiger partial charge in [-0.3, -0.25) is 9.52 Å². The quantitative estimate of drug-likeness (QED) is 0.598. The number of hydrogen-bond acceptors (Lipinski definition) is 4. The Bertz CT molecular complexity index is 1060. The standard InChI is InChI=1S/C21H24FN3O5S/c22-16-7-5-15(6-8-16)9-10-21(11-13-25(14-12-21)20(27)28)31(29,30)24-18-4-2-1-3-17(18)19(23)26/h1-8,24H,9-14H2,(H2,23,26)(H,27,28). The Morgan fingerprint density at radius 3 is 2.29 bits per heavy atom. The van der Waals surface area contributed by atoms with Gasteiger partial charge in [-0.1, -0.05) is 24.3 Å². The lowest BCUT2D eigenvalue weighted by molar-refractivity contribution is 0.100. The van der Waals surface area contributed by atoms with Crippen molar-refractivity contribution in [2.24, 2.45) is 5.73 Å². The highest BCUT2D eigenvalue weighted by atomic mass is 32.2. The van der Waals surface area contributed by atoms with Crippen LogP contribution in [0.3, 0.4) is 0 Å². The molecule has 166 valence electrons. The van der Waals surface area contributed by atoms with Crippen LogP contribution in [-0.2, 0) is 16.4 Å². The number of aryl methyl sites for hydroxylation is 1. The first-order chi connectivity index (χ1) is 14.6. The van der Waals surface area contributed by atoms with Crippen LogP contribution < -0.4 is 10.5 Å². The van der Waals surface area contributed by atoms with Gasteiger partial charge in [-0.25, -0.2) is 17.6 Å². The van der Waals surface area contributed by atoms with Crippen LogP contribution in [0.15, 0.2) is 48.5 Å². The fraction of sp³-hybridized carbons (Fsp3) is 0.333. The van der Waals surface area contributed by atoms with Crippen molar-refractivity contribution in [1.82, 2.24) is 4.90 Å². The summed E-state index contributed by atoms with van der Waals surface area (Å²) >= 11 is 0. The molecule has 3 rings (SSSR count). The van der Waals surface area contributed by atoms with E-state index < -0.39 is 26.8 Å². The largest absolute Gasteiger partial charge is 0.465 e. The molecule has 4 N–H and O–H groups in total. The molecular formula is C21H24FN3O5S. The molecule has 0 unspecified atom stereocenters. The summed E-state index contributed by atoms with van der Waals surface area (Å²) in [6.07, 6.45) is -0.341. The SMILES string of the molecule is NC(=O)c1ccccc1NS(=O)(=O)C1(CCc2ccc(F)cc2)CCN(C(=O)O)CC1. The average molecular weight is 450 g/mol. The molecule has 2 amide bonds. The van der Waals surface area contributed by atoms with E-state index in [-0.39, 0.29) is 49.4 Å². The number of anilines is 1. The molecule has 8 nitrogen and oxygen atoms in total. The van der Waals surface area contributed by atoms with Gasteiger partial charge in [0.25, 0.3) is 5.91 Å². The number of carboxylic acid groups (broad SMARTS) is 1. The summed E-state index contributed by atoms with van der Waals surface area (Å²) in [5.74, 6) is -1.15. The van der Waals surface area contributed by atoms with E-state index >= 15 is 0 Å². The van der Waals surface area contributed by atoms with Crippen molar-refractivity contribution in [2.45, 2.75) is 30.4 Å². The molecule has 2 aromatic rings. The molecule has 0 aromatic heterocycles. The molecule has 0 spiro atoms. The van der Waals surface area contributed by atoms with E-state index in [4.69, 9.17) is 5.73 Å². The van der Waals surface area contributed by atoms with Crippen LogP contribution in [0.1, 0.15) is 35.2 Å². The Morgan fingerprint density at radius 1 is 1.10 bits per heavy atom. The maximum absolute atomic E-state index is 13.5. The number of para-hydroxylation sites is 1. The fourth-order valence-electron chi connectivity index (χ4n) is 3.82. The Morgan fingerprint density at radius 2 is 1.71 bits per heavy atom. The number of sulfonamides is 1. The summed E-state index contributed by atoms with van der Waals surface area (Å²) < 4.78 is 41.5. The normalized spacial score (nSPS) is 16.0. The topological polar surface area (TPSA) is 130 Å². The molecular weight excluding hydrogens is 425 g/mol. The number of nitrogens with two attached hydrogens (primary N) is 1. The number of piperidine rings is 1. The van der Waals surface area contributed by atoms with E-state index in [1.807, 2.05) is 0 Å². The Hall–Kier alpha value is -3.14. The van der Waals surface area contributed by atoms with E-state index in [1.165, 1.54) is 29.2 Å². The van der Waals surface area contributed by atoms with Crippen molar-refractivity contribution in [1.29, 1.82) is 0 Å². The van der Waals surface area contributed by atoms with Gasteiger partial charge in [0, 0.05) is 13.1 Å². The molecule has 2 aromatic carbocycles. The Balaban J connectivity index is 1.90. The molecule has 1 fully saturated rings. The van der Waals surface area contributed by atoms with Crippen molar-refractivity contribution in [3.8, 4) is 0 Å². The van der Waals surface area contributed by atoms with E-state index in [1.54, 1.807) is 24.3 Å². The highest BCUT2D eigenvalue weighted by Gasteiger charge is 2.46. The van der Waals surface area contributed by atoms with Crippen molar-refractivity contribution in [3.63, 3.8) is 0 Å². The predicted molar refractivity (Wildman–Crippen MR) is 114 cm³/mol. The number of halogens is 1. The van der Waals surface area contributed by atoms with Crippen molar-refractivity contribution < 1.29 is 27.5 Å². The van der Waals surface area contributed by atoms with E-state index in [9.17, 15) is 27.5 Å². The first-order valence-corrected chi connectivity index (χ1v) is 11.3. The van der Waals surface area contributed by atoms with Gasteiger partial charge in [-0.05, 0) is 55.5 Å². The van der Waals surface area contributed by atoms with Gasteiger partial charge in [0.2, 0.25) is 10.0 Å². The van der Waals surface area contributed by atoms with Gasteiger partial charge in [-0.2, -0.15) is 0 Å². The lowest BCUT2D eigenvalue weighted by atomic mass is 9.89. The zero-order chi connectivity index (χ0) is 22.6. The van der Waals surface area contributed by atoms with Gasteiger partial charge in [0.15, 0.2) is 0 Å². The minimum Gasteiger partial charge on any atom is -0.465 e. The van der Waals surface area contributed by atoms with Crippen LogP contribution in [0.4, 0.5) is 14.9 Å². The Kier molecular flexibility index (Phi) is 6.49. The van der Waals surface area contributed by atoms with Crippen molar-refractivity contribution in [3.05, 3.63) is 65.5 Å². The average Bonchev–Trinajstić information content (AvgIpc) is 2.73. The molecule has 1 aliphatic heterocycles. The Labute approximate surface area is 179 Å². The zero-order valence-corrected chi connectivity index (χ0v) is 17.6. The number of amides is 2. The minimum absolute atomic E-state index is 0.0442. The lowest BCUT2D eigenvalue weighted by Gasteiger charge is -2.40. The van der Waals surface area contributed by atoms with E-state index in [0.717, 1.165) is 5.56 Å². The first-order valence-electron chi connectivity index (χ1n) is 9.77. The molecule has 31 heavy (non-hydrogen) atoms. The lowest BCUT2D eigenvalue weighted by Crippen LogP contribution is -2.52. The number of primary amides is 1. The molecule has 1 aliphatic rings. The van der Waals surface area contributed by atoms with Crippen LogP contribution in [-0.4, -0.2) is 48.3 Å². The van der Waals surface area contributed by atoms with E-state index in [0.29, 0.717) is 6.42 Å². The van der Waals surface area contributed by atoms with Crippen molar-refractivity contribution >= 4 is 27.7 Å². The van der Waals surface area contributed by atoms with Crippen LogP contribution >= 0.6 is 0 Å².